The van der Waals surface area contributed by atoms with Crippen LogP contribution in [0.5, 0.6) is 5.75 Å². The number of halogens is 1. The van der Waals surface area contributed by atoms with Gasteiger partial charge in [0.1, 0.15) is 5.82 Å². The van der Waals surface area contributed by atoms with Crippen LogP contribution < -0.4 is 10.1 Å². The minimum Gasteiger partial charge on any atom is -0.491 e. The fraction of sp³-hybridized carbons (Fsp3) is 0.231. The summed E-state index contributed by atoms with van der Waals surface area (Å²) in [7, 11) is 1.76. The predicted octanol–water partition coefficient (Wildman–Crippen LogP) is 2.72. The lowest BCUT2D eigenvalue weighted by molar-refractivity contribution is 0.321. The standard InChI is InChI=1S/C13H14FN3O/c1-3-18-12-6-4-9(8-10(12)14)11-5-7-13(15-2)17-16-11/h4-8H,3H2,1-2H3,(H,15,17). The maximum Gasteiger partial charge on any atom is 0.165 e. The quantitative estimate of drug-likeness (QED) is 0.902. The van der Waals surface area contributed by atoms with E-state index < -0.39 is 5.82 Å². The summed E-state index contributed by atoms with van der Waals surface area (Å²) in [6.07, 6.45) is 0. The second-order valence-electron chi connectivity index (χ2n) is 3.63. The van der Waals surface area contributed by atoms with Crippen LogP contribution in [-0.2, 0) is 0 Å². The Morgan fingerprint density at radius 2 is 2.06 bits per heavy atom. The zero-order valence-corrected chi connectivity index (χ0v) is 10.3. The molecular formula is C13H14FN3O. The summed E-state index contributed by atoms with van der Waals surface area (Å²) >= 11 is 0. The average molecular weight is 247 g/mol. The van der Waals surface area contributed by atoms with E-state index in [0.717, 1.165) is 0 Å². The third-order valence-electron chi connectivity index (χ3n) is 2.45. The number of aromatic nitrogens is 2. The molecule has 0 saturated carbocycles. The van der Waals surface area contributed by atoms with Gasteiger partial charge in [0.05, 0.1) is 12.3 Å². The lowest BCUT2D eigenvalue weighted by atomic mass is 10.1. The van der Waals surface area contributed by atoms with Gasteiger partial charge in [-0.05, 0) is 37.3 Å². The summed E-state index contributed by atoms with van der Waals surface area (Å²) in [4.78, 5) is 0. The minimum atomic E-state index is -0.395. The highest BCUT2D eigenvalue weighted by Crippen LogP contribution is 2.24. The van der Waals surface area contributed by atoms with E-state index >= 15 is 0 Å². The van der Waals surface area contributed by atoms with Gasteiger partial charge in [0.25, 0.3) is 0 Å². The lowest BCUT2D eigenvalue weighted by Gasteiger charge is -2.06. The van der Waals surface area contributed by atoms with E-state index in [1.807, 2.05) is 6.92 Å². The van der Waals surface area contributed by atoms with Crippen LogP contribution in [0.2, 0.25) is 0 Å². The molecule has 0 radical (unpaired) electrons. The first-order chi connectivity index (χ1) is 8.74. The van der Waals surface area contributed by atoms with E-state index in [0.29, 0.717) is 23.7 Å². The van der Waals surface area contributed by atoms with Crippen molar-refractivity contribution >= 4 is 5.82 Å². The highest BCUT2D eigenvalue weighted by molar-refractivity contribution is 5.60. The van der Waals surface area contributed by atoms with Crippen molar-refractivity contribution in [3.05, 3.63) is 36.1 Å². The molecule has 2 rings (SSSR count). The molecular weight excluding hydrogens is 233 g/mol. The molecule has 0 atom stereocenters. The molecule has 1 N–H and O–H groups in total. The van der Waals surface area contributed by atoms with Gasteiger partial charge in [-0.2, -0.15) is 0 Å². The molecule has 0 saturated heterocycles. The Morgan fingerprint density at radius 1 is 1.22 bits per heavy atom. The third-order valence-corrected chi connectivity index (χ3v) is 2.45. The molecule has 0 unspecified atom stereocenters. The minimum absolute atomic E-state index is 0.251. The predicted molar refractivity (Wildman–Crippen MR) is 68.1 cm³/mol. The highest BCUT2D eigenvalue weighted by atomic mass is 19.1. The number of hydrogen-bond acceptors (Lipinski definition) is 4. The van der Waals surface area contributed by atoms with Crippen LogP contribution in [-0.4, -0.2) is 23.9 Å². The maximum absolute atomic E-state index is 13.7. The smallest absolute Gasteiger partial charge is 0.165 e. The van der Waals surface area contributed by atoms with Crippen molar-refractivity contribution in [2.24, 2.45) is 0 Å². The normalized spacial score (nSPS) is 10.2. The van der Waals surface area contributed by atoms with Crippen LogP contribution in [0, 0.1) is 5.82 Å². The van der Waals surface area contributed by atoms with Crippen LogP contribution >= 0.6 is 0 Å². The number of hydrogen-bond donors (Lipinski definition) is 1. The van der Waals surface area contributed by atoms with Crippen LogP contribution in [0.15, 0.2) is 30.3 Å². The number of anilines is 1. The van der Waals surface area contributed by atoms with Gasteiger partial charge in [-0.25, -0.2) is 4.39 Å². The first-order valence-corrected chi connectivity index (χ1v) is 5.68. The van der Waals surface area contributed by atoms with E-state index in [1.165, 1.54) is 6.07 Å². The maximum atomic E-state index is 13.7. The summed E-state index contributed by atoms with van der Waals surface area (Å²) in [5.74, 6) is 0.528. The van der Waals surface area contributed by atoms with E-state index in [4.69, 9.17) is 4.74 Å². The monoisotopic (exact) mass is 247 g/mol. The molecule has 0 aliphatic heterocycles. The molecule has 0 fully saturated rings. The van der Waals surface area contributed by atoms with Gasteiger partial charge in [-0.3, -0.25) is 0 Å². The van der Waals surface area contributed by atoms with Crippen LogP contribution in [0.3, 0.4) is 0 Å². The van der Waals surface area contributed by atoms with Gasteiger partial charge < -0.3 is 10.1 Å². The molecule has 0 amide bonds. The molecule has 5 heteroatoms. The number of nitrogens with one attached hydrogen (secondary N) is 1. The number of benzene rings is 1. The van der Waals surface area contributed by atoms with E-state index in [1.54, 1.807) is 31.3 Å². The van der Waals surface area contributed by atoms with Gasteiger partial charge in [0.15, 0.2) is 11.6 Å². The van der Waals surface area contributed by atoms with Crippen molar-refractivity contribution in [2.75, 3.05) is 19.0 Å². The van der Waals surface area contributed by atoms with Crippen LogP contribution in [0.25, 0.3) is 11.3 Å². The molecule has 0 bridgehead atoms. The molecule has 0 spiro atoms. The first kappa shape index (κ1) is 12.3. The SMILES string of the molecule is CCOc1ccc(-c2ccc(NC)nn2)cc1F. The molecule has 18 heavy (non-hydrogen) atoms. The fourth-order valence-electron chi connectivity index (χ4n) is 1.55. The average Bonchev–Trinajstić information content (AvgIpc) is 2.41. The van der Waals surface area contributed by atoms with Crippen molar-refractivity contribution in [3.8, 4) is 17.0 Å². The Balaban J connectivity index is 2.30. The van der Waals surface area contributed by atoms with Gasteiger partial charge in [0, 0.05) is 12.6 Å². The van der Waals surface area contributed by atoms with Crippen molar-refractivity contribution in [1.82, 2.24) is 10.2 Å². The van der Waals surface area contributed by atoms with Crippen molar-refractivity contribution in [3.63, 3.8) is 0 Å². The summed E-state index contributed by atoms with van der Waals surface area (Å²) in [6.45, 7) is 2.25. The molecule has 0 aliphatic rings. The van der Waals surface area contributed by atoms with Gasteiger partial charge in [0.2, 0.25) is 0 Å². The zero-order chi connectivity index (χ0) is 13.0. The van der Waals surface area contributed by atoms with Crippen molar-refractivity contribution < 1.29 is 9.13 Å². The summed E-state index contributed by atoms with van der Waals surface area (Å²) < 4.78 is 18.8. The fourth-order valence-corrected chi connectivity index (χ4v) is 1.55. The zero-order valence-electron chi connectivity index (χ0n) is 10.3. The summed E-state index contributed by atoms with van der Waals surface area (Å²) in [5, 5.41) is 10.8. The molecule has 1 aromatic carbocycles. The largest absolute Gasteiger partial charge is 0.491 e. The van der Waals surface area contributed by atoms with Crippen molar-refractivity contribution in [2.45, 2.75) is 6.92 Å². The molecule has 1 heterocycles. The Kier molecular flexibility index (Phi) is 3.72. The number of rotatable bonds is 4. The van der Waals surface area contributed by atoms with Gasteiger partial charge >= 0.3 is 0 Å². The number of ether oxygens (including phenoxy) is 1. The van der Waals surface area contributed by atoms with E-state index in [2.05, 4.69) is 15.5 Å². The summed E-state index contributed by atoms with van der Waals surface area (Å²) in [6, 6.07) is 8.33. The van der Waals surface area contributed by atoms with Gasteiger partial charge in [-0.15, -0.1) is 10.2 Å². The van der Waals surface area contributed by atoms with Crippen molar-refractivity contribution in [1.29, 1.82) is 0 Å². The Hall–Kier alpha value is -2.17. The summed E-state index contributed by atoms with van der Waals surface area (Å²) in [5.41, 5.74) is 1.29. The first-order valence-electron chi connectivity index (χ1n) is 5.68. The van der Waals surface area contributed by atoms with Gasteiger partial charge in [-0.1, -0.05) is 0 Å². The van der Waals surface area contributed by atoms with Crippen LogP contribution in [0.4, 0.5) is 10.2 Å². The lowest BCUT2D eigenvalue weighted by Crippen LogP contribution is -1.97. The molecule has 0 aliphatic carbocycles. The highest BCUT2D eigenvalue weighted by Gasteiger charge is 2.07. The third kappa shape index (κ3) is 2.56. The second kappa shape index (κ2) is 5.44. The molecule has 4 nitrogen and oxygen atoms in total. The number of nitrogens with zero attached hydrogens (tertiary/aromatic N) is 2. The Morgan fingerprint density at radius 3 is 2.61 bits per heavy atom. The molecule has 2 aromatic rings. The Bertz CT molecular complexity index is 528. The molecule has 1 aromatic heterocycles. The van der Waals surface area contributed by atoms with E-state index in [9.17, 15) is 4.39 Å². The molecule has 94 valence electrons. The topological polar surface area (TPSA) is 47.0 Å². The van der Waals surface area contributed by atoms with Crippen LogP contribution in [0.1, 0.15) is 6.92 Å². The van der Waals surface area contributed by atoms with E-state index in [-0.39, 0.29) is 5.75 Å². The second-order valence-corrected chi connectivity index (χ2v) is 3.63. The Labute approximate surface area is 105 Å².